The van der Waals surface area contributed by atoms with Gasteiger partial charge in [0.15, 0.2) is 5.60 Å². The fraction of sp³-hybridized carbons (Fsp3) is 0.364. The van der Waals surface area contributed by atoms with E-state index in [-0.39, 0.29) is 18.0 Å². The van der Waals surface area contributed by atoms with Crippen LogP contribution in [0.25, 0.3) is 0 Å². The Morgan fingerprint density at radius 2 is 1.97 bits per heavy atom. The SMILES string of the molecule is COc1cc(C(C)(C)CC(O)(C=Nc2cccc3c2CC(=O)N3)C(F)(F)F)ccc1Cl. The number of fused-ring (bicyclic) bond motifs is 1. The first kappa shape index (κ1) is 23.1. The van der Waals surface area contributed by atoms with E-state index in [0.29, 0.717) is 33.8 Å². The summed E-state index contributed by atoms with van der Waals surface area (Å²) in [6.07, 6.45) is -5.13. The van der Waals surface area contributed by atoms with Gasteiger partial charge in [0, 0.05) is 17.5 Å². The molecule has 1 heterocycles. The fourth-order valence-electron chi connectivity index (χ4n) is 3.61. The molecule has 5 nitrogen and oxygen atoms in total. The van der Waals surface area contributed by atoms with Crippen molar-refractivity contribution in [3.8, 4) is 5.75 Å². The Morgan fingerprint density at radius 1 is 1.26 bits per heavy atom. The largest absolute Gasteiger partial charge is 0.495 e. The molecule has 0 saturated heterocycles. The molecular formula is C22H22ClF3N2O3. The summed E-state index contributed by atoms with van der Waals surface area (Å²) < 4.78 is 47.0. The van der Waals surface area contributed by atoms with E-state index in [1.54, 1.807) is 38.1 Å². The summed E-state index contributed by atoms with van der Waals surface area (Å²) in [5.74, 6) is 0.0648. The van der Waals surface area contributed by atoms with E-state index >= 15 is 0 Å². The second-order valence-corrected chi connectivity index (χ2v) is 8.53. The maximum Gasteiger partial charge on any atom is 0.422 e. The molecule has 1 aliphatic rings. The van der Waals surface area contributed by atoms with Crippen LogP contribution < -0.4 is 10.1 Å². The highest BCUT2D eigenvalue weighted by atomic mass is 35.5. The lowest BCUT2D eigenvalue weighted by atomic mass is 9.75. The molecule has 1 amide bonds. The maximum absolute atomic E-state index is 13.9. The molecule has 2 aromatic carbocycles. The third-order valence-corrected chi connectivity index (χ3v) is 5.63. The Balaban J connectivity index is 1.96. The van der Waals surface area contributed by atoms with E-state index < -0.39 is 23.6 Å². The van der Waals surface area contributed by atoms with Crippen LogP contribution in [0.2, 0.25) is 5.02 Å². The number of amides is 1. The lowest BCUT2D eigenvalue weighted by Gasteiger charge is -2.35. The van der Waals surface area contributed by atoms with Crippen LogP contribution in [0, 0.1) is 0 Å². The van der Waals surface area contributed by atoms with Gasteiger partial charge in [-0.3, -0.25) is 9.79 Å². The van der Waals surface area contributed by atoms with Crippen LogP contribution in [0.1, 0.15) is 31.4 Å². The number of benzene rings is 2. The number of halogens is 4. The van der Waals surface area contributed by atoms with Crippen LogP contribution in [0.3, 0.4) is 0 Å². The number of ether oxygens (including phenoxy) is 1. The number of methoxy groups -OCH3 is 1. The molecule has 0 radical (unpaired) electrons. The zero-order valence-corrected chi connectivity index (χ0v) is 17.9. The maximum atomic E-state index is 13.9. The van der Waals surface area contributed by atoms with Gasteiger partial charge in [0.25, 0.3) is 0 Å². The highest BCUT2D eigenvalue weighted by Gasteiger charge is 2.55. The molecule has 0 spiro atoms. The summed E-state index contributed by atoms with van der Waals surface area (Å²) in [6, 6.07) is 9.41. The minimum absolute atomic E-state index is 0.0172. The van der Waals surface area contributed by atoms with Gasteiger partial charge in [0.05, 0.1) is 24.2 Å². The summed E-state index contributed by atoms with van der Waals surface area (Å²) in [4.78, 5) is 15.6. The van der Waals surface area contributed by atoms with Crippen molar-refractivity contribution in [3.63, 3.8) is 0 Å². The van der Waals surface area contributed by atoms with E-state index in [0.717, 1.165) is 0 Å². The lowest BCUT2D eigenvalue weighted by molar-refractivity contribution is -0.234. The van der Waals surface area contributed by atoms with Gasteiger partial charge in [0.1, 0.15) is 5.75 Å². The van der Waals surface area contributed by atoms with Gasteiger partial charge >= 0.3 is 6.18 Å². The zero-order chi connectivity index (χ0) is 23.0. The molecule has 0 saturated carbocycles. The summed E-state index contributed by atoms with van der Waals surface area (Å²) in [5.41, 5.74) is -2.60. The number of carbonyl (C=O) groups excluding carboxylic acids is 1. The minimum atomic E-state index is -4.98. The summed E-state index contributed by atoms with van der Waals surface area (Å²) in [6.45, 7) is 3.17. The molecule has 2 aromatic rings. The topological polar surface area (TPSA) is 70.9 Å². The Hall–Kier alpha value is -2.58. The van der Waals surface area contributed by atoms with Gasteiger partial charge in [0.2, 0.25) is 5.91 Å². The van der Waals surface area contributed by atoms with Crippen molar-refractivity contribution < 1.29 is 27.8 Å². The number of nitrogens with one attached hydrogen (secondary N) is 1. The van der Waals surface area contributed by atoms with Gasteiger partial charge in [-0.25, -0.2) is 0 Å². The highest BCUT2D eigenvalue weighted by Crippen LogP contribution is 2.42. The average Bonchev–Trinajstić information content (AvgIpc) is 3.06. The predicted octanol–water partition coefficient (Wildman–Crippen LogP) is 5.21. The van der Waals surface area contributed by atoms with Gasteiger partial charge in [-0.15, -0.1) is 0 Å². The number of hydrogen-bond donors (Lipinski definition) is 2. The molecule has 166 valence electrons. The quantitative estimate of drug-likeness (QED) is 0.589. The standard InChI is InChI=1S/C22H22ClF3N2O3/c1-20(2,13-7-8-15(23)18(9-13)31-3)11-21(30,22(24,25)26)12-27-16-5-4-6-17-14(16)10-19(29)28-17/h4-9,12,30H,10-11H2,1-3H3,(H,28,29). The molecule has 2 N–H and O–H groups in total. The van der Waals surface area contributed by atoms with E-state index in [9.17, 15) is 23.1 Å². The van der Waals surface area contributed by atoms with Crippen LogP contribution in [-0.4, -0.2) is 36.1 Å². The van der Waals surface area contributed by atoms with Crippen LogP contribution in [0.15, 0.2) is 41.4 Å². The van der Waals surface area contributed by atoms with Crippen LogP contribution in [0.5, 0.6) is 5.75 Å². The number of alkyl halides is 3. The normalized spacial score (nSPS) is 16.2. The molecule has 0 aromatic heterocycles. The number of aliphatic imine (C=N–C) groups is 1. The molecule has 1 unspecified atom stereocenters. The van der Waals surface area contributed by atoms with Crippen molar-refractivity contribution in [2.24, 2.45) is 4.99 Å². The first-order valence-corrected chi connectivity index (χ1v) is 9.84. The molecule has 1 atom stereocenters. The van der Waals surface area contributed by atoms with Crippen LogP contribution in [0.4, 0.5) is 24.5 Å². The predicted molar refractivity (Wildman–Crippen MR) is 114 cm³/mol. The Kier molecular flexibility index (Phi) is 6.08. The smallest absolute Gasteiger partial charge is 0.422 e. The van der Waals surface area contributed by atoms with Gasteiger partial charge in [-0.1, -0.05) is 37.6 Å². The van der Waals surface area contributed by atoms with Crippen molar-refractivity contribution in [1.29, 1.82) is 0 Å². The van der Waals surface area contributed by atoms with E-state index in [1.165, 1.54) is 19.2 Å². The Bertz CT molecular complexity index is 1040. The highest BCUT2D eigenvalue weighted by molar-refractivity contribution is 6.32. The molecular weight excluding hydrogens is 433 g/mol. The van der Waals surface area contributed by atoms with Gasteiger partial charge < -0.3 is 15.2 Å². The molecule has 31 heavy (non-hydrogen) atoms. The third kappa shape index (κ3) is 4.70. The summed E-state index contributed by atoms with van der Waals surface area (Å²) in [5, 5.41) is 13.6. The van der Waals surface area contributed by atoms with Crippen molar-refractivity contribution >= 4 is 35.1 Å². The Morgan fingerprint density at radius 3 is 2.61 bits per heavy atom. The molecule has 3 rings (SSSR count). The lowest BCUT2D eigenvalue weighted by Crippen LogP contribution is -2.50. The first-order chi connectivity index (χ1) is 14.4. The zero-order valence-electron chi connectivity index (χ0n) is 17.2. The van der Waals surface area contributed by atoms with Crippen molar-refractivity contribution in [1.82, 2.24) is 0 Å². The summed E-state index contributed by atoms with van der Waals surface area (Å²) in [7, 11) is 1.41. The third-order valence-electron chi connectivity index (χ3n) is 5.31. The van der Waals surface area contributed by atoms with Crippen LogP contribution in [-0.2, 0) is 16.6 Å². The number of anilines is 1. The number of rotatable bonds is 6. The fourth-order valence-corrected chi connectivity index (χ4v) is 3.80. The monoisotopic (exact) mass is 454 g/mol. The van der Waals surface area contributed by atoms with Crippen LogP contribution >= 0.6 is 11.6 Å². The Labute approximate surface area is 182 Å². The average molecular weight is 455 g/mol. The second kappa shape index (κ2) is 8.16. The van der Waals surface area contributed by atoms with E-state index in [2.05, 4.69) is 10.3 Å². The minimum Gasteiger partial charge on any atom is -0.495 e. The van der Waals surface area contributed by atoms with Crippen molar-refractivity contribution in [2.45, 2.75) is 43.9 Å². The number of nitrogens with zero attached hydrogens (tertiary/aromatic N) is 1. The van der Waals surface area contributed by atoms with Gasteiger partial charge in [-0.2, -0.15) is 13.2 Å². The molecule has 1 aliphatic heterocycles. The molecule has 0 fully saturated rings. The van der Waals surface area contributed by atoms with E-state index in [1.807, 2.05) is 0 Å². The van der Waals surface area contributed by atoms with E-state index in [4.69, 9.17) is 16.3 Å². The van der Waals surface area contributed by atoms with Crippen molar-refractivity contribution in [2.75, 3.05) is 12.4 Å². The van der Waals surface area contributed by atoms with Crippen molar-refractivity contribution in [3.05, 3.63) is 52.5 Å². The summed E-state index contributed by atoms with van der Waals surface area (Å²) >= 11 is 6.02. The number of carbonyl (C=O) groups is 1. The number of aliphatic hydroxyl groups is 1. The first-order valence-electron chi connectivity index (χ1n) is 9.46. The second-order valence-electron chi connectivity index (χ2n) is 8.12. The molecule has 9 heteroatoms. The number of hydrogen-bond acceptors (Lipinski definition) is 4. The molecule has 0 bridgehead atoms. The van der Waals surface area contributed by atoms with Gasteiger partial charge in [-0.05, 0) is 41.7 Å². The molecule has 0 aliphatic carbocycles.